The first-order chi connectivity index (χ1) is 11.7. The van der Waals surface area contributed by atoms with Gasteiger partial charge in [0, 0.05) is 18.0 Å². The van der Waals surface area contributed by atoms with E-state index in [0.717, 1.165) is 18.7 Å². The molecule has 24 heavy (non-hydrogen) atoms. The zero-order valence-electron chi connectivity index (χ0n) is 14.4. The van der Waals surface area contributed by atoms with Crippen LogP contribution in [0.1, 0.15) is 17.4 Å². The number of nitrogens with one attached hydrogen (secondary N) is 1. The molecule has 0 aliphatic heterocycles. The second-order valence-electron chi connectivity index (χ2n) is 5.35. The minimum Gasteiger partial charge on any atom is -0.493 e. The van der Waals surface area contributed by atoms with Crippen LogP contribution in [0.2, 0.25) is 0 Å². The van der Waals surface area contributed by atoms with Gasteiger partial charge in [0.2, 0.25) is 5.91 Å². The fourth-order valence-corrected chi connectivity index (χ4v) is 3.10. The van der Waals surface area contributed by atoms with Crippen LogP contribution in [-0.4, -0.2) is 38.1 Å². The van der Waals surface area contributed by atoms with Gasteiger partial charge in [-0.05, 0) is 35.7 Å². The van der Waals surface area contributed by atoms with E-state index in [0.29, 0.717) is 24.6 Å². The number of thiophene rings is 1. The summed E-state index contributed by atoms with van der Waals surface area (Å²) in [6.07, 6.45) is 0. The highest BCUT2D eigenvalue weighted by Gasteiger charge is 2.11. The predicted molar refractivity (Wildman–Crippen MR) is 96.7 cm³/mol. The van der Waals surface area contributed by atoms with E-state index in [9.17, 15) is 4.79 Å². The SMILES string of the molecule is CCN(CC(=O)NCc1ccc(OC)c(OC)c1)Cc1cccs1. The normalized spacial score (nSPS) is 10.7. The average molecular weight is 348 g/mol. The summed E-state index contributed by atoms with van der Waals surface area (Å²) in [6, 6.07) is 9.77. The number of nitrogens with zero attached hydrogens (tertiary/aromatic N) is 1. The highest BCUT2D eigenvalue weighted by molar-refractivity contribution is 7.09. The zero-order chi connectivity index (χ0) is 17.4. The molecule has 0 bridgehead atoms. The standard InChI is InChI=1S/C18H24N2O3S/c1-4-20(12-15-6-5-9-24-15)13-18(21)19-11-14-7-8-16(22-2)17(10-14)23-3/h5-10H,4,11-13H2,1-3H3,(H,19,21). The maximum atomic E-state index is 12.2. The fraction of sp³-hybridized carbons (Fsp3) is 0.389. The first-order valence-corrected chi connectivity index (χ1v) is 8.76. The average Bonchev–Trinajstić information content (AvgIpc) is 3.12. The summed E-state index contributed by atoms with van der Waals surface area (Å²) in [4.78, 5) is 15.6. The van der Waals surface area contributed by atoms with E-state index in [1.54, 1.807) is 25.6 Å². The van der Waals surface area contributed by atoms with Crippen LogP contribution in [0.3, 0.4) is 0 Å². The number of carbonyl (C=O) groups excluding carboxylic acids is 1. The fourth-order valence-electron chi connectivity index (χ4n) is 2.35. The van der Waals surface area contributed by atoms with Crippen LogP contribution >= 0.6 is 11.3 Å². The number of hydrogen-bond acceptors (Lipinski definition) is 5. The largest absolute Gasteiger partial charge is 0.493 e. The monoisotopic (exact) mass is 348 g/mol. The van der Waals surface area contributed by atoms with Gasteiger partial charge in [-0.3, -0.25) is 9.69 Å². The van der Waals surface area contributed by atoms with Crippen molar-refractivity contribution >= 4 is 17.2 Å². The first-order valence-electron chi connectivity index (χ1n) is 7.88. The number of ether oxygens (including phenoxy) is 2. The third kappa shape index (κ3) is 5.25. The minimum atomic E-state index is 0.0168. The van der Waals surface area contributed by atoms with Crippen molar-refractivity contribution in [3.8, 4) is 11.5 Å². The van der Waals surface area contributed by atoms with Gasteiger partial charge in [-0.1, -0.05) is 19.1 Å². The highest BCUT2D eigenvalue weighted by atomic mass is 32.1. The molecule has 2 aromatic rings. The van der Waals surface area contributed by atoms with Crippen molar-refractivity contribution in [3.05, 3.63) is 46.2 Å². The number of likely N-dealkylation sites (N-methyl/N-ethyl adjacent to an activating group) is 1. The Bertz CT molecular complexity index is 644. The van der Waals surface area contributed by atoms with E-state index < -0.39 is 0 Å². The van der Waals surface area contributed by atoms with Crippen molar-refractivity contribution in [2.45, 2.75) is 20.0 Å². The summed E-state index contributed by atoms with van der Waals surface area (Å²) >= 11 is 1.71. The number of amides is 1. The third-order valence-corrected chi connectivity index (χ3v) is 4.57. The molecule has 6 heteroatoms. The third-order valence-electron chi connectivity index (χ3n) is 3.71. The molecule has 5 nitrogen and oxygen atoms in total. The maximum absolute atomic E-state index is 12.2. The Morgan fingerprint density at radius 2 is 2.00 bits per heavy atom. The van der Waals surface area contributed by atoms with Crippen LogP contribution in [0.25, 0.3) is 0 Å². The van der Waals surface area contributed by atoms with E-state index in [-0.39, 0.29) is 5.91 Å². The zero-order valence-corrected chi connectivity index (χ0v) is 15.2. The lowest BCUT2D eigenvalue weighted by Gasteiger charge is -2.19. The molecule has 130 valence electrons. The van der Waals surface area contributed by atoms with E-state index >= 15 is 0 Å². The van der Waals surface area contributed by atoms with Gasteiger partial charge in [0.25, 0.3) is 0 Å². The number of rotatable bonds is 9. The van der Waals surface area contributed by atoms with Gasteiger partial charge in [-0.2, -0.15) is 0 Å². The molecule has 0 radical (unpaired) electrons. The summed E-state index contributed by atoms with van der Waals surface area (Å²) in [5, 5.41) is 5.01. The van der Waals surface area contributed by atoms with E-state index in [2.05, 4.69) is 28.6 Å². The topological polar surface area (TPSA) is 50.8 Å². The lowest BCUT2D eigenvalue weighted by molar-refractivity contribution is -0.122. The smallest absolute Gasteiger partial charge is 0.234 e. The molecule has 0 spiro atoms. The molecule has 1 heterocycles. The Kier molecular flexibility index (Phi) is 7.08. The molecule has 0 atom stereocenters. The van der Waals surface area contributed by atoms with E-state index in [1.807, 2.05) is 24.3 Å². The van der Waals surface area contributed by atoms with Gasteiger partial charge in [0.05, 0.1) is 20.8 Å². The molecule has 0 saturated heterocycles. The molecule has 0 fully saturated rings. The Morgan fingerprint density at radius 1 is 1.21 bits per heavy atom. The van der Waals surface area contributed by atoms with Crippen LogP contribution in [0, 0.1) is 0 Å². The number of hydrogen-bond donors (Lipinski definition) is 1. The van der Waals surface area contributed by atoms with Gasteiger partial charge in [-0.15, -0.1) is 11.3 Å². The lowest BCUT2D eigenvalue weighted by Crippen LogP contribution is -2.36. The molecule has 0 aliphatic carbocycles. The van der Waals surface area contributed by atoms with Crippen LogP contribution in [-0.2, 0) is 17.9 Å². The minimum absolute atomic E-state index is 0.0168. The first kappa shape index (κ1) is 18.3. The van der Waals surface area contributed by atoms with Gasteiger partial charge >= 0.3 is 0 Å². The Labute approximate surface area is 147 Å². The van der Waals surface area contributed by atoms with Crippen molar-refractivity contribution in [2.24, 2.45) is 0 Å². The summed E-state index contributed by atoms with van der Waals surface area (Å²) < 4.78 is 10.5. The molecule has 0 aliphatic rings. The molecule has 1 aromatic carbocycles. The summed E-state index contributed by atoms with van der Waals surface area (Å²) in [5.41, 5.74) is 0.974. The van der Waals surface area contributed by atoms with E-state index in [4.69, 9.17) is 9.47 Å². The molecule has 2 rings (SSSR count). The van der Waals surface area contributed by atoms with Crippen LogP contribution in [0.4, 0.5) is 0 Å². The Hall–Kier alpha value is -2.05. The summed E-state index contributed by atoms with van der Waals surface area (Å²) in [6.45, 7) is 4.56. The molecule has 0 unspecified atom stereocenters. The molecule has 1 amide bonds. The molecule has 0 saturated carbocycles. The number of methoxy groups -OCH3 is 2. The maximum Gasteiger partial charge on any atom is 0.234 e. The van der Waals surface area contributed by atoms with Crippen LogP contribution < -0.4 is 14.8 Å². The van der Waals surface area contributed by atoms with Crippen molar-refractivity contribution in [3.63, 3.8) is 0 Å². The summed E-state index contributed by atoms with van der Waals surface area (Å²) in [5.74, 6) is 1.36. The van der Waals surface area contributed by atoms with Gasteiger partial charge in [0.1, 0.15) is 0 Å². The van der Waals surface area contributed by atoms with Crippen molar-refractivity contribution in [1.29, 1.82) is 0 Å². The lowest BCUT2D eigenvalue weighted by atomic mass is 10.2. The predicted octanol–water partition coefficient (Wildman–Crippen LogP) is 2.90. The van der Waals surface area contributed by atoms with Gasteiger partial charge in [0.15, 0.2) is 11.5 Å². The Balaban J connectivity index is 1.85. The second kappa shape index (κ2) is 9.30. The Morgan fingerprint density at radius 3 is 2.62 bits per heavy atom. The van der Waals surface area contributed by atoms with Gasteiger partial charge < -0.3 is 14.8 Å². The second-order valence-corrected chi connectivity index (χ2v) is 6.38. The quantitative estimate of drug-likeness (QED) is 0.757. The van der Waals surface area contributed by atoms with Crippen molar-refractivity contribution in [1.82, 2.24) is 10.2 Å². The van der Waals surface area contributed by atoms with Crippen LogP contribution in [0.15, 0.2) is 35.7 Å². The number of carbonyl (C=O) groups is 1. The summed E-state index contributed by atoms with van der Waals surface area (Å²) in [7, 11) is 3.20. The van der Waals surface area contributed by atoms with E-state index in [1.165, 1.54) is 4.88 Å². The number of benzene rings is 1. The molecular formula is C18H24N2O3S. The highest BCUT2D eigenvalue weighted by Crippen LogP contribution is 2.27. The molecule has 1 aromatic heterocycles. The van der Waals surface area contributed by atoms with Gasteiger partial charge in [-0.25, -0.2) is 0 Å². The molecular weight excluding hydrogens is 324 g/mol. The van der Waals surface area contributed by atoms with Crippen molar-refractivity contribution < 1.29 is 14.3 Å². The molecule has 1 N–H and O–H groups in total. The van der Waals surface area contributed by atoms with Crippen molar-refractivity contribution in [2.75, 3.05) is 27.3 Å². The van der Waals surface area contributed by atoms with Crippen LogP contribution in [0.5, 0.6) is 11.5 Å².